The smallest absolute Gasteiger partial charge is 0.360 e. The Labute approximate surface area is 211 Å². The molecule has 192 valence electrons. The second-order valence-corrected chi connectivity index (χ2v) is 11.2. The number of methoxy groups -OCH3 is 2. The molecule has 1 saturated heterocycles. The van der Waals surface area contributed by atoms with Crippen molar-refractivity contribution < 1.29 is 19.1 Å². The van der Waals surface area contributed by atoms with Crippen LogP contribution in [-0.4, -0.2) is 64.6 Å². The minimum Gasteiger partial charge on any atom is -0.497 e. The molecule has 5 aliphatic rings. The summed E-state index contributed by atoms with van der Waals surface area (Å²) >= 11 is 0. The fourth-order valence-corrected chi connectivity index (χ4v) is 7.76. The summed E-state index contributed by atoms with van der Waals surface area (Å²) in [6.07, 6.45) is 8.92. The number of likely N-dealkylation sites (tertiary alicyclic amines) is 1. The van der Waals surface area contributed by atoms with Gasteiger partial charge in [0.25, 0.3) is 0 Å². The summed E-state index contributed by atoms with van der Waals surface area (Å²) in [7, 11) is 2.99. The van der Waals surface area contributed by atoms with Gasteiger partial charge in [-0.2, -0.15) is 0 Å². The largest absolute Gasteiger partial charge is 0.497 e. The number of rotatable bonds is 7. The number of ether oxygens (including phenoxy) is 2. The highest BCUT2D eigenvalue weighted by molar-refractivity contribution is 5.86. The molecule has 4 saturated carbocycles. The van der Waals surface area contributed by atoms with Gasteiger partial charge in [0.2, 0.25) is 5.91 Å². The first-order valence-electron chi connectivity index (χ1n) is 13.2. The molecule has 5 fully saturated rings. The zero-order valence-corrected chi connectivity index (χ0v) is 21.0. The fraction of sp³-hybridized carbons (Fsp3) is 0.630. The molecule has 2 atom stereocenters. The molecule has 1 amide bonds. The highest BCUT2D eigenvalue weighted by Crippen LogP contribution is 2.56. The quantitative estimate of drug-likeness (QED) is 0.592. The maximum atomic E-state index is 13.6. The van der Waals surface area contributed by atoms with Crippen LogP contribution >= 0.6 is 0 Å². The summed E-state index contributed by atoms with van der Waals surface area (Å²) in [5, 5.41) is 11.4. The van der Waals surface area contributed by atoms with Gasteiger partial charge in [-0.3, -0.25) is 9.69 Å². The van der Waals surface area contributed by atoms with Gasteiger partial charge in [0, 0.05) is 19.1 Å². The maximum absolute atomic E-state index is 13.6. The van der Waals surface area contributed by atoms with Crippen LogP contribution in [0.4, 0.5) is 0 Å². The number of carbonyl (C=O) groups is 2. The van der Waals surface area contributed by atoms with Crippen LogP contribution in [0.15, 0.2) is 30.5 Å². The van der Waals surface area contributed by atoms with Crippen LogP contribution in [0, 0.1) is 23.7 Å². The van der Waals surface area contributed by atoms with Crippen molar-refractivity contribution in [1.29, 1.82) is 0 Å². The fourth-order valence-electron chi connectivity index (χ4n) is 7.76. The van der Waals surface area contributed by atoms with Gasteiger partial charge in [-0.25, -0.2) is 9.48 Å². The van der Waals surface area contributed by atoms with E-state index >= 15 is 0 Å². The van der Waals surface area contributed by atoms with Crippen LogP contribution < -0.4 is 10.1 Å². The lowest BCUT2D eigenvalue weighted by molar-refractivity contribution is -0.130. The standard InChI is InChI=1S/C27H35N5O4/c1-35-22-5-3-16(4-6-22)13-28-26(33)24-12-21(32-15-23(29-30-32)27(34)36-2)14-31(24)25-19-8-17-7-18(10-19)11-20(25)9-17/h3-6,15,17-21,24-25H,7-14H2,1-2H3,(H,28,33)/t17?,18?,19?,20?,21-,24+,25?/m1/s1. The second-order valence-electron chi connectivity index (χ2n) is 11.2. The van der Waals surface area contributed by atoms with Crippen LogP contribution in [-0.2, 0) is 16.1 Å². The van der Waals surface area contributed by atoms with Gasteiger partial charge in [-0.1, -0.05) is 17.3 Å². The lowest BCUT2D eigenvalue weighted by Gasteiger charge is -2.57. The Morgan fingerprint density at radius 2 is 1.69 bits per heavy atom. The predicted octanol–water partition coefficient (Wildman–Crippen LogP) is 2.83. The van der Waals surface area contributed by atoms with Crippen LogP contribution in [0.2, 0.25) is 0 Å². The van der Waals surface area contributed by atoms with Gasteiger partial charge < -0.3 is 14.8 Å². The van der Waals surface area contributed by atoms with Crippen molar-refractivity contribution in [1.82, 2.24) is 25.2 Å². The first-order valence-corrected chi connectivity index (χ1v) is 13.2. The molecule has 9 nitrogen and oxygen atoms in total. The third kappa shape index (κ3) is 4.27. The van der Waals surface area contributed by atoms with Crippen LogP contribution in [0.1, 0.15) is 60.6 Å². The highest BCUT2D eigenvalue weighted by atomic mass is 16.5. The number of hydrogen-bond donors (Lipinski definition) is 1. The lowest BCUT2D eigenvalue weighted by atomic mass is 9.54. The van der Waals surface area contributed by atoms with Crippen molar-refractivity contribution in [2.75, 3.05) is 20.8 Å². The molecule has 9 heteroatoms. The molecule has 0 unspecified atom stereocenters. The van der Waals surface area contributed by atoms with Crippen LogP contribution in [0.25, 0.3) is 0 Å². The van der Waals surface area contributed by atoms with Crippen molar-refractivity contribution in [3.05, 3.63) is 41.7 Å². The van der Waals surface area contributed by atoms with Crippen molar-refractivity contribution >= 4 is 11.9 Å². The van der Waals surface area contributed by atoms with E-state index in [4.69, 9.17) is 9.47 Å². The number of esters is 1. The number of hydrogen-bond acceptors (Lipinski definition) is 7. The van der Waals surface area contributed by atoms with Crippen molar-refractivity contribution in [2.45, 2.75) is 63.2 Å². The van der Waals surface area contributed by atoms with Gasteiger partial charge in [-0.05, 0) is 79.9 Å². The molecule has 1 N–H and O–H groups in total. The SMILES string of the molecule is COC(=O)c1cn([C@@H]2C[C@@H](C(=O)NCc3ccc(OC)cc3)N(C3C4CC5CC(C4)CC3C5)C2)nn1. The Kier molecular flexibility index (Phi) is 6.19. The molecule has 0 radical (unpaired) electrons. The second kappa shape index (κ2) is 9.50. The molecule has 1 aromatic carbocycles. The monoisotopic (exact) mass is 493 g/mol. The minimum atomic E-state index is -0.495. The number of carbonyl (C=O) groups excluding carboxylic acids is 2. The Morgan fingerprint density at radius 1 is 1.00 bits per heavy atom. The van der Waals surface area contributed by atoms with Crippen LogP contribution in [0.5, 0.6) is 5.75 Å². The summed E-state index contributed by atoms with van der Waals surface area (Å²) in [5.41, 5.74) is 1.24. The minimum absolute atomic E-state index is 0.00942. The molecule has 4 bridgehead atoms. The molecule has 4 aliphatic carbocycles. The third-order valence-corrected chi connectivity index (χ3v) is 9.08. The van der Waals surface area contributed by atoms with E-state index in [1.54, 1.807) is 18.0 Å². The Balaban J connectivity index is 1.21. The lowest BCUT2D eigenvalue weighted by Crippen LogP contribution is -2.59. The van der Waals surface area contributed by atoms with E-state index in [1.165, 1.54) is 39.2 Å². The number of aromatic nitrogens is 3. The zero-order valence-electron chi connectivity index (χ0n) is 21.0. The number of benzene rings is 1. The summed E-state index contributed by atoms with van der Waals surface area (Å²) < 4.78 is 11.8. The number of nitrogens with zero attached hydrogens (tertiary/aromatic N) is 4. The van der Waals surface area contributed by atoms with E-state index in [9.17, 15) is 9.59 Å². The number of nitrogens with one attached hydrogen (secondary N) is 1. The van der Waals surface area contributed by atoms with E-state index in [1.807, 2.05) is 24.3 Å². The van der Waals surface area contributed by atoms with E-state index in [-0.39, 0.29) is 23.7 Å². The maximum Gasteiger partial charge on any atom is 0.360 e. The Bertz CT molecular complexity index is 1090. The predicted molar refractivity (Wildman–Crippen MR) is 131 cm³/mol. The zero-order chi connectivity index (χ0) is 24.8. The third-order valence-electron chi connectivity index (χ3n) is 9.08. The van der Waals surface area contributed by atoms with E-state index < -0.39 is 5.97 Å². The van der Waals surface area contributed by atoms with Gasteiger partial charge >= 0.3 is 5.97 Å². The molecule has 0 spiro atoms. The summed E-state index contributed by atoms with van der Waals surface area (Å²) in [6, 6.07) is 8.01. The highest BCUT2D eigenvalue weighted by Gasteiger charge is 2.54. The molecule has 7 rings (SSSR count). The van der Waals surface area contributed by atoms with Gasteiger partial charge in [0.1, 0.15) is 5.75 Å². The molecule has 2 heterocycles. The van der Waals surface area contributed by atoms with E-state index in [0.717, 1.165) is 29.7 Å². The molecular weight excluding hydrogens is 458 g/mol. The first-order chi connectivity index (χ1) is 17.5. The van der Waals surface area contributed by atoms with Crippen molar-refractivity contribution in [2.24, 2.45) is 23.7 Å². The normalized spacial score (nSPS) is 33.0. The van der Waals surface area contributed by atoms with E-state index in [0.29, 0.717) is 30.8 Å². The van der Waals surface area contributed by atoms with Gasteiger partial charge in [0.05, 0.1) is 32.5 Å². The average molecular weight is 494 g/mol. The summed E-state index contributed by atoms with van der Waals surface area (Å²) in [6.45, 7) is 1.23. The Hall–Kier alpha value is -2.94. The van der Waals surface area contributed by atoms with Gasteiger partial charge in [-0.15, -0.1) is 5.10 Å². The summed E-state index contributed by atoms with van der Waals surface area (Å²) in [4.78, 5) is 28.0. The molecular formula is C27H35N5O4. The van der Waals surface area contributed by atoms with Crippen molar-refractivity contribution in [3.8, 4) is 5.75 Å². The molecule has 1 aromatic heterocycles. The van der Waals surface area contributed by atoms with Crippen molar-refractivity contribution in [3.63, 3.8) is 0 Å². The first kappa shape index (κ1) is 23.5. The molecule has 2 aromatic rings. The topological polar surface area (TPSA) is 98.6 Å². The number of amides is 1. The Morgan fingerprint density at radius 3 is 2.33 bits per heavy atom. The molecule has 1 aliphatic heterocycles. The molecule has 36 heavy (non-hydrogen) atoms. The van der Waals surface area contributed by atoms with E-state index in [2.05, 4.69) is 20.5 Å². The summed E-state index contributed by atoms with van der Waals surface area (Å²) in [5.74, 6) is 3.48. The van der Waals surface area contributed by atoms with Gasteiger partial charge in [0.15, 0.2) is 5.69 Å². The average Bonchev–Trinajstić information content (AvgIpc) is 3.55. The van der Waals surface area contributed by atoms with Crippen LogP contribution in [0.3, 0.4) is 0 Å².